The Kier molecular flexibility index (Phi) is 7.00. The lowest BCUT2D eigenvalue weighted by Gasteiger charge is -2.43. The van der Waals surface area contributed by atoms with Gasteiger partial charge in [0.2, 0.25) is 0 Å². The van der Waals surface area contributed by atoms with Gasteiger partial charge in [0.25, 0.3) is 17.4 Å². The molecule has 2 atom stereocenters. The third-order valence-electron chi connectivity index (χ3n) is 6.89. The maximum atomic E-state index is 13.8. The first kappa shape index (κ1) is 26.0. The molecule has 10 heteroatoms. The summed E-state index contributed by atoms with van der Waals surface area (Å²) in [7, 11) is 0. The number of hydrogen-bond donors (Lipinski definition) is 1. The average molecular weight is 586 g/mol. The highest BCUT2D eigenvalue weighted by Crippen LogP contribution is 2.35. The summed E-state index contributed by atoms with van der Waals surface area (Å²) in [5.41, 5.74) is 0.193. The van der Waals surface area contributed by atoms with Crippen LogP contribution in [0.3, 0.4) is 0 Å². The van der Waals surface area contributed by atoms with Crippen molar-refractivity contribution in [2.45, 2.75) is 25.1 Å². The fourth-order valence-corrected chi connectivity index (χ4v) is 5.66. The molecule has 38 heavy (non-hydrogen) atoms. The number of benzene rings is 2. The Labute approximate surface area is 224 Å². The molecule has 2 bridgehead atoms. The van der Waals surface area contributed by atoms with Crippen LogP contribution in [0, 0.1) is 5.92 Å². The van der Waals surface area contributed by atoms with Crippen molar-refractivity contribution in [3.63, 3.8) is 0 Å². The first-order valence-corrected chi connectivity index (χ1v) is 12.8. The van der Waals surface area contributed by atoms with Gasteiger partial charge >= 0.3 is 6.18 Å². The largest absolute Gasteiger partial charge is 0.416 e. The number of pyridine rings is 1. The normalized spacial score (nSPS) is 19.1. The molecule has 0 unspecified atom stereocenters. The number of nitrogens with zero attached hydrogens (tertiary/aromatic N) is 2. The van der Waals surface area contributed by atoms with Crippen molar-refractivity contribution in [1.82, 2.24) is 14.8 Å². The average Bonchev–Trinajstić information content (AvgIpc) is 2.88. The lowest BCUT2D eigenvalue weighted by Crippen LogP contribution is -2.50. The van der Waals surface area contributed by atoms with Crippen LogP contribution in [0.25, 0.3) is 6.08 Å². The van der Waals surface area contributed by atoms with E-state index in [2.05, 4.69) is 21.2 Å². The summed E-state index contributed by atoms with van der Waals surface area (Å²) in [5.74, 6) is -1.09. The SMILES string of the molecule is O=C(N/C(=C\c1cccc(C(F)(F)F)c1)C(=O)N1C[C@H]2C[C@@H](C1)c1cccc(=O)n1C2)c1ccccc1Br. The van der Waals surface area contributed by atoms with E-state index in [1.165, 1.54) is 24.3 Å². The van der Waals surface area contributed by atoms with Crippen molar-refractivity contribution in [2.24, 2.45) is 5.92 Å². The molecular formula is C28H23BrF3N3O3. The number of carbonyl (C=O) groups excluding carboxylic acids is 2. The van der Waals surface area contributed by atoms with E-state index in [0.717, 1.165) is 24.2 Å². The van der Waals surface area contributed by atoms with Crippen LogP contribution in [0.4, 0.5) is 13.2 Å². The minimum Gasteiger partial charge on any atom is -0.336 e. The predicted molar refractivity (Wildman–Crippen MR) is 139 cm³/mol. The Balaban J connectivity index is 1.48. The van der Waals surface area contributed by atoms with Gasteiger partial charge in [0.05, 0.1) is 11.1 Å². The summed E-state index contributed by atoms with van der Waals surface area (Å²) in [4.78, 5) is 40.8. The van der Waals surface area contributed by atoms with E-state index in [1.54, 1.807) is 39.8 Å². The Bertz CT molecular complexity index is 1500. The van der Waals surface area contributed by atoms with Gasteiger partial charge in [0.15, 0.2) is 0 Å². The highest BCUT2D eigenvalue weighted by molar-refractivity contribution is 9.10. The Morgan fingerprint density at radius 2 is 1.74 bits per heavy atom. The van der Waals surface area contributed by atoms with E-state index in [0.29, 0.717) is 24.1 Å². The molecule has 0 spiro atoms. The number of halogens is 4. The van der Waals surface area contributed by atoms with Crippen LogP contribution >= 0.6 is 15.9 Å². The van der Waals surface area contributed by atoms with Crippen LogP contribution < -0.4 is 10.9 Å². The molecule has 1 aromatic heterocycles. The maximum Gasteiger partial charge on any atom is 0.416 e. The summed E-state index contributed by atoms with van der Waals surface area (Å²) in [5, 5.41) is 2.64. The second-order valence-electron chi connectivity index (χ2n) is 9.52. The third kappa shape index (κ3) is 5.31. The fraction of sp³-hybridized carbons (Fsp3) is 0.250. The monoisotopic (exact) mass is 585 g/mol. The third-order valence-corrected chi connectivity index (χ3v) is 7.58. The summed E-state index contributed by atoms with van der Waals surface area (Å²) < 4.78 is 42.2. The lowest BCUT2D eigenvalue weighted by molar-refractivity contribution is -0.137. The van der Waals surface area contributed by atoms with E-state index < -0.39 is 23.6 Å². The molecule has 5 rings (SSSR count). The molecule has 3 aromatic rings. The number of carbonyl (C=O) groups is 2. The van der Waals surface area contributed by atoms with E-state index in [-0.39, 0.29) is 34.2 Å². The van der Waals surface area contributed by atoms with Gasteiger partial charge in [-0.1, -0.05) is 30.3 Å². The minimum atomic E-state index is -4.55. The minimum absolute atomic E-state index is 0.0408. The fourth-order valence-electron chi connectivity index (χ4n) is 5.19. The quantitative estimate of drug-likeness (QED) is 0.436. The number of nitrogens with one attached hydrogen (secondary N) is 1. The molecule has 6 nitrogen and oxygen atoms in total. The highest BCUT2D eigenvalue weighted by atomic mass is 79.9. The number of alkyl halides is 3. The molecule has 1 fully saturated rings. The van der Waals surface area contributed by atoms with Crippen molar-refractivity contribution >= 4 is 33.8 Å². The predicted octanol–water partition coefficient (Wildman–Crippen LogP) is 5.05. The standard InChI is InChI=1S/C28H23BrF3N3O3/c29-22-8-2-1-7-21(22)26(37)33-23(13-17-5-3-6-20(12-17)28(30,31)32)27(38)34-14-18-11-19(16-34)24-9-4-10-25(36)35(24)15-18/h1-10,12-13,18-19H,11,14-16H2,(H,33,37)/b23-13-/t18-,19+/m1/s1. The van der Waals surface area contributed by atoms with Gasteiger partial charge in [-0.2, -0.15) is 13.2 Å². The summed E-state index contributed by atoms with van der Waals surface area (Å²) >= 11 is 3.32. The smallest absolute Gasteiger partial charge is 0.336 e. The number of hydrogen-bond acceptors (Lipinski definition) is 3. The number of likely N-dealkylation sites (tertiary alicyclic amines) is 1. The van der Waals surface area contributed by atoms with Gasteiger partial charge in [-0.05, 0) is 70.2 Å². The molecule has 2 aromatic carbocycles. The Morgan fingerprint density at radius 1 is 0.974 bits per heavy atom. The van der Waals surface area contributed by atoms with E-state index >= 15 is 0 Å². The molecule has 196 valence electrons. The van der Waals surface area contributed by atoms with Crippen molar-refractivity contribution in [3.8, 4) is 0 Å². The number of rotatable bonds is 4. The molecule has 1 N–H and O–H groups in total. The van der Waals surface area contributed by atoms with Crippen LogP contribution in [0.2, 0.25) is 0 Å². The zero-order chi connectivity index (χ0) is 27.0. The molecule has 2 aliphatic rings. The summed E-state index contributed by atoms with van der Waals surface area (Å²) in [6, 6.07) is 16.3. The van der Waals surface area contributed by atoms with E-state index in [9.17, 15) is 27.6 Å². The van der Waals surface area contributed by atoms with Crippen molar-refractivity contribution in [2.75, 3.05) is 13.1 Å². The van der Waals surface area contributed by atoms with Crippen LogP contribution in [0.5, 0.6) is 0 Å². The highest BCUT2D eigenvalue weighted by Gasteiger charge is 2.37. The van der Waals surface area contributed by atoms with Gasteiger partial charge in [-0.15, -0.1) is 0 Å². The first-order valence-electron chi connectivity index (χ1n) is 12.0. The molecule has 1 saturated heterocycles. The van der Waals surface area contributed by atoms with Crippen molar-refractivity contribution in [1.29, 1.82) is 0 Å². The van der Waals surface area contributed by atoms with Crippen LogP contribution in [-0.4, -0.2) is 34.4 Å². The van der Waals surface area contributed by atoms with Crippen molar-refractivity contribution < 1.29 is 22.8 Å². The molecule has 2 aliphatic heterocycles. The van der Waals surface area contributed by atoms with Gasteiger partial charge in [0.1, 0.15) is 5.70 Å². The summed E-state index contributed by atoms with van der Waals surface area (Å²) in [6.45, 7) is 1.16. The van der Waals surface area contributed by atoms with E-state index in [4.69, 9.17) is 0 Å². The molecule has 0 saturated carbocycles. The number of piperidine rings is 1. The molecule has 0 aliphatic carbocycles. The van der Waals surface area contributed by atoms with Gasteiger partial charge < -0.3 is 14.8 Å². The molecular weight excluding hydrogens is 563 g/mol. The number of fused-ring (bicyclic) bond motifs is 4. The molecule has 2 amide bonds. The van der Waals surface area contributed by atoms with Crippen LogP contribution in [0.15, 0.2) is 81.7 Å². The van der Waals surface area contributed by atoms with Gasteiger partial charge in [-0.25, -0.2) is 0 Å². The van der Waals surface area contributed by atoms with Crippen molar-refractivity contribution in [3.05, 3.63) is 110 Å². The van der Waals surface area contributed by atoms with Crippen LogP contribution in [0.1, 0.15) is 39.5 Å². The molecule has 3 heterocycles. The number of aromatic nitrogens is 1. The van der Waals surface area contributed by atoms with Crippen LogP contribution in [-0.2, 0) is 17.5 Å². The van der Waals surface area contributed by atoms with Gasteiger partial charge in [-0.3, -0.25) is 14.4 Å². The number of amides is 2. The second-order valence-corrected chi connectivity index (χ2v) is 10.4. The zero-order valence-electron chi connectivity index (χ0n) is 20.0. The lowest BCUT2D eigenvalue weighted by atomic mass is 9.83. The van der Waals surface area contributed by atoms with Gasteiger partial charge in [0, 0.05) is 41.8 Å². The Hall–Kier alpha value is -3.66. The summed E-state index contributed by atoms with van der Waals surface area (Å²) in [6.07, 6.45) is -2.46. The maximum absolute atomic E-state index is 13.8. The van der Waals surface area contributed by atoms with E-state index in [1.807, 2.05) is 6.07 Å². The topological polar surface area (TPSA) is 71.4 Å². The first-order chi connectivity index (χ1) is 18.1. The Morgan fingerprint density at radius 3 is 2.50 bits per heavy atom. The zero-order valence-corrected chi connectivity index (χ0v) is 21.6. The second kappa shape index (κ2) is 10.2. The molecule has 0 radical (unpaired) electrons.